The SMILES string of the molecule is CCOCCCNCCn1ccc2ccc(C)cc21. The van der Waals surface area contributed by atoms with Crippen LogP contribution < -0.4 is 5.32 Å². The standard InChI is InChI=1S/C16H24N2O/c1-3-19-12-4-8-17-9-11-18-10-7-15-6-5-14(2)13-16(15)18/h5-7,10,13,17H,3-4,8-9,11-12H2,1-2H3. The monoisotopic (exact) mass is 260 g/mol. The van der Waals surface area contributed by atoms with Gasteiger partial charge in [-0.3, -0.25) is 0 Å². The molecule has 1 aromatic carbocycles. The van der Waals surface area contributed by atoms with Gasteiger partial charge in [0.2, 0.25) is 0 Å². The predicted molar refractivity (Wildman–Crippen MR) is 80.7 cm³/mol. The number of aromatic nitrogens is 1. The summed E-state index contributed by atoms with van der Waals surface area (Å²) < 4.78 is 7.63. The highest BCUT2D eigenvalue weighted by molar-refractivity contribution is 5.80. The summed E-state index contributed by atoms with van der Waals surface area (Å²) in [6.45, 7) is 8.89. The maximum Gasteiger partial charge on any atom is 0.0483 e. The fourth-order valence-electron chi connectivity index (χ4n) is 2.26. The third-order valence-corrected chi connectivity index (χ3v) is 3.31. The highest BCUT2D eigenvalue weighted by atomic mass is 16.5. The molecule has 0 atom stereocenters. The topological polar surface area (TPSA) is 26.2 Å². The summed E-state index contributed by atoms with van der Waals surface area (Å²) in [6, 6.07) is 8.80. The molecule has 0 unspecified atom stereocenters. The minimum absolute atomic E-state index is 0.814. The molecule has 0 saturated heterocycles. The van der Waals surface area contributed by atoms with Crippen LogP contribution in [0.4, 0.5) is 0 Å². The first-order chi connectivity index (χ1) is 9.31. The molecule has 2 rings (SSSR count). The quantitative estimate of drug-likeness (QED) is 0.739. The summed E-state index contributed by atoms with van der Waals surface area (Å²) in [5, 5.41) is 4.78. The zero-order chi connectivity index (χ0) is 13.5. The van der Waals surface area contributed by atoms with Crippen molar-refractivity contribution in [3.8, 4) is 0 Å². The van der Waals surface area contributed by atoms with Crippen LogP contribution in [0.2, 0.25) is 0 Å². The van der Waals surface area contributed by atoms with Crippen LogP contribution in [-0.4, -0.2) is 30.9 Å². The second-order valence-electron chi connectivity index (χ2n) is 4.87. The van der Waals surface area contributed by atoms with Gasteiger partial charge in [0.15, 0.2) is 0 Å². The van der Waals surface area contributed by atoms with Gasteiger partial charge in [-0.05, 0) is 49.9 Å². The van der Waals surface area contributed by atoms with E-state index < -0.39 is 0 Å². The summed E-state index contributed by atoms with van der Waals surface area (Å²) >= 11 is 0. The average molecular weight is 260 g/mol. The van der Waals surface area contributed by atoms with Gasteiger partial charge in [0, 0.05) is 38.0 Å². The summed E-state index contributed by atoms with van der Waals surface area (Å²) in [7, 11) is 0. The van der Waals surface area contributed by atoms with Gasteiger partial charge in [0.05, 0.1) is 0 Å². The van der Waals surface area contributed by atoms with E-state index in [-0.39, 0.29) is 0 Å². The minimum Gasteiger partial charge on any atom is -0.382 e. The van der Waals surface area contributed by atoms with Crippen molar-refractivity contribution in [3.63, 3.8) is 0 Å². The Labute approximate surface area is 115 Å². The largest absolute Gasteiger partial charge is 0.382 e. The molecule has 3 nitrogen and oxygen atoms in total. The minimum atomic E-state index is 0.814. The van der Waals surface area contributed by atoms with Crippen molar-refractivity contribution in [2.24, 2.45) is 0 Å². The lowest BCUT2D eigenvalue weighted by atomic mass is 10.2. The summed E-state index contributed by atoms with van der Waals surface area (Å²) in [6.07, 6.45) is 3.26. The van der Waals surface area contributed by atoms with Crippen LogP contribution in [0.3, 0.4) is 0 Å². The zero-order valence-electron chi connectivity index (χ0n) is 12.0. The van der Waals surface area contributed by atoms with Gasteiger partial charge in [0.1, 0.15) is 0 Å². The highest BCUT2D eigenvalue weighted by Gasteiger charge is 2.00. The lowest BCUT2D eigenvalue weighted by Gasteiger charge is -2.08. The third-order valence-electron chi connectivity index (χ3n) is 3.31. The fraction of sp³-hybridized carbons (Fsp3) is 0.500. The van der Waals surface area contributed by atoms with Crippen molar-refractivity contribution in [3.05, 3.63) is 36.0 Å². The molecular weight excluding hydrogens is 236 g/mol. The summed E-state index contributed by atoms with van der Waals surface area (Å²) in [4.78, 5) is 0. The van der Waals surface area contributed by atoms with Gasteiger partial charge in [-0.2, -0.15) is 0 Å². The molecule has 0 spiro atoms. The molecular formula is C16H24N2O. The Kier molecular flexibility index (Phi) is 5.43. The number of fused-ring (bicyclic) bond motifs is 1. The van der Waals surface area contributed by atoms with Crippen LogP contribution in [0.5, 0.6) is 0 Å². The fourth-order valence-corrected chi connectivity index (χ4v) is 2.26. The molecule has 0 amide bonds. The number of nitrogens with zero attached hydrogens (tertiary/aromatic N) is 1. The number of hydrogen-bond donors (Lipinski definition) is 1. The number of benzene rings is 1. The van der Waals surface area contributed by atoms with Crippen molar-refractivity contribution >= 4 is 10.9 Å². The predicted octanol–water partition coefficient (Wildman–Crippen LogP) is 2.97. The molecule has 2 aromatic rings. The Morgan fingerprint density at radius 2 is 2.11 bits per heavy atom. The van der Waals surface area contributed by atoms with E-state index in [0.29, 0.717) is 0 Å². The van der Waals surface area contributed by atoms with Crippen LogP contribution in [0.25, 0.3) is 10.9 Å². The van der Waals surface area contributed by atoms with E-state index in [0.717, 1.165) is 39.3 Å². The van der Waals surface area contributed by atoms with Gasteiger partial charge >= 0.3 is 0 Å². The van der Waals surface area contributed by atoms with Crippen molar-refractivity contribution in [2.75, 3.05) is 26.3 Å². The van der Waals surface area contributed by atoms with E-state index in [1.165, 1.54) is 16.5 Å². The van der Waals surface area contributed by atoms with Crippen LogP contribution in [0.15, 0.2) is 30.5 Å². The molecule has 104 valence electrons. The first-order valence-corrected chi connectivity index (χ1v) is 7.15. The first kappa shape index (κ1) is 14.1. The van der Waals surface area contributed by atoms with Crippen LogP contribution in [-0.2, 0) is 11.3 Å². The van der Waals surface area contributed by atoms with Crippen LogP contribution >= 0.6 is 0 Å². The molecule has 0 saturated carbocycles. The Balaban J connectivity index is 1.77. The Hall–Kier alpha value is -1.32. The van der Waals surface area contributed by atoms with Gasteiger partial charge in [-0.25, -0.2) is 0 Å². The molecule has 0 fully saturated rings. The second kappa shape index (κ2) is 7.31. The van der Waals surface area contributed by atoms with E-state index in [1.54, 1.807) is 0 Å². The number of aryl methyl sites for hydroxylation is 1. The van der Waals surface area contributed by atoms with Crippen molar-refractivity contribution < 1.29 is 4.74 Å². The molecule has 0 bridgehead atoms. The number of ether oxygens (including phenoxy) is 1. The smallest absolute Gasteiger partial charge is 0.0483 e. The molecule has 0 radical (unpaired) electrons. The molecule has 1 N–H and O–H groups in total. The molecule has 1 aromatic heterocycles. The van der Waals surface area contributed by atoms with Crippen LogP contribution in [0.1, 0.15) is 18.9 Å². The highest BCUT2D eigenvalue weighted by Crippen LogP contribution is 2.16. The zero-order valence-corrected chi connectivity index (χ0v) is 12.0. The second-order valence-corrected chi connectivity index (χ2v) is 4.87. The maximum atomic E-state index is 5.31. The molecule has 3 heteroatoms. The number of nitrogens with one attached hydrogen (secondary N) is 1. The van der Waals surface area contributed by atoms with Gasteiger partial charge in [-0.15, -0.1) is 0 Å². The average Bonchev–Trinajstić information content (AvgIpc) is 2.80. The summed E-state index contributed by atoms with van der Waals surface area (Å²) in [5.74, 6) is 0. The Bertz CT molecular complexity index is 504. The first-order valence-electron chi connectivity index (χ1n) is 7.15. The lowest BCUT2D eigenvalue weighted by molar-refractivity contribution is 0.145. The Morgan fingerprint density at radius 1 is 1.21 bits per heavy atom. The molecule has 19 heavy (non-hydrogen) atoms. The molecule has 0 aliphatic heterocycles. The van der Waals surface area contributed by atoms with Crippen molar-refractivity contribution in [2.45, 2.75) is 26.8 Å². The van der Waals surface area contributed by atoms with E-state index >= 15 is 0 Å². The Morgan fingerprint density at radius 3 is 2.95 bits per heavy atom. The maximum absolute atomic E-state index is 5.31. The van der Waals surface area contributed by atoms with E-state index in [2.05, 4.69) is 47.3 Å². The van der Waals surface area contributed by atoms with E-state index in [4.69, 9.17) is 4.74 Å². The lowest BCUT2D eigenvalue weighted by Crippen LogP contribution is -2.21. The molecule has 0 aliphatic rings. The number of rotatable bonds is 8. The number of hydrogen-bond acceptors (Lipinski definition) is 2. The van der Waals surface area contributed by atoms with Gasteiger partial charge in [-0.1, -0.05) is 12.1 Å². The van der Waals surface area contributed by atoms with Gasteiger partial charge in [0.25, 0.3) is 0 Å². The van der Waals surface area contributed by atoms with Crippen molar-refractivity contribution in [1.82, 2.24) is 9.88 Å². The van der Waals surface area contributed by atoms with Gasteiger partial charge < -0.3 is 14.6 Å². The summed E-state index contributed by atoms with van der Waals surface area (Å²) in [5.41, 5.74) is 2.65. The van der Waals surface area contributed by atoms with E-state index in [9.17, 15) is 0 Å². The van der Waals surface area contributed by atoms with Crippen molar-refractivity contribution in [1.29, 1.82) is 0 Å². The normalized spacial score (nSPS) is 11.3. The molecule has 0 aliphatic carbocycles. The van der Waals surface area contributed by atoms with E-state index in [1.807, 2.05) is 6.92 Å². The third kappa shape index (κ3) is 4.08. The molecule has 1 heterocycles. The van der Waals surface area contributed by atoms with Crippen LogP contribution in [0, 0.1) is 6.92 Å².